The minimum atomic E-state index is -0.0666. The van der Waals surface area contributed by atoms with Crippen LogP contribution in [0, 0.1) is 17.8 Å². The molecule has 0 N–H and O–H groups in total. The zero-order valence-electron chi connectivity index (χ0n) is 22.1. The van der Waals surface area contributed by atoms with Crippen molar-refractivity contribution in [3.63, 3.8) is 0 Å². The van der Waals surface area contributed by atoms with Gasteiger partial charge in [0.15, 0.2) is 0 Å². The average molecular weight is 465 g/mol. The molecule has 2 heteroatoms. The van der Waals surface area contributed by atoms with Gasteiger partial charge in [0, 0.05) is 0 Å². The average Bonchev–Trinajstić information content (AvgIpc) is 2.85. The van der Waals surface area contributed by atoms with Crippen molar-refractivity contribution in [2.75, 3.05) is 0 Å². The Balaban J connectivity index is 1.34. The third-order valence-electron chi connectivity index (χ3n) is 8.02. The number of esters is 1. The fourth-order valence-corrected chi connectivity index (χ4v) is 5.66. The Labute approximate surface area is 209 Å². The van der Waals surface area contributed by atoms with Crippen LogP contribution in [0.3, 0.4) is 0 Å². The molecule has 1 aromatic rings. The smallest absolute Gasteiger partial charge is 0.314 e. The molecule has 2 aliphatic carbocycles. The molecule has 0 amide bonds. The first-order valence-electron chi connectivity index (χ1n) is 14.2. The second-order valence-electron chi connectivity index (χ2n) is 11.1. The Hall–Kier alpha value is -1.83. The summed E-state index contributed by atoms with van der Waals surface area (Å²) in [7, 11) is 0. The molecule has 34 heavy (non-hydrogen) atoms. The van der Waals surface area contributed by atoms with Crippen LogP contribution in [0.5, 0.6) is 5.75 Å². The maximum Gasteiger partial charge on any atom is 0.314 e. The summed E-state index contributed by atoms with van der Waals surface area (Å²) >= 11 is 0. The summed E-state index contributed by atoms with van der Waals surface area (Å²) < 4.78 is 5.73. The van der Waals surface area contributed by atoms with E-state index >= 15 is 0 Å². The van der Waals surface area contributed by atoms with Crippen molar-refractivity contribution in [1.29, 1.82) is 0 Å². The summed E-state index contributed by atoms with van der Waals surface area (Å²) in [6.45, 7) is 6.59. The van der Waals surface area contributed by atoms with Gasteiger partial charge >= 0.3 is 5.97 Å². The Kier molecular flexibility index (Phi) is 11.4. The largest absolute Gasteiger partial charge is 0.426 e. The normalized spacial score (nSPS) is 22.7. The third-order valence-corrected chi connectivity index (χ3v) is 8.02. The van der Waals surface area contributed by atoms with E-state index < -0.39 is 0 Å². The molecular weight excluding hydrogens is 416 g/mol. The summed E-state index contributed by atoms with van der Waals surface area (Å²) in [5.74, 6) is 2.52. The first-order chi connectivity index (χ1) is 16.5. The van der Waals surface area contributed by atoms with E-state index in [9.17, 15) is 4.79 Å². The Morgan fingerprint density at radius 2 is 1.65 bits per heavy atom. The summed E-state index contributed by atoms with van der Waals surface area (Å²) in [5.41, 5.74) is 4.24. The van der Waals surface area contributed by atoms with Gasteiger partial charge in [0.1, 0.15) is 5.75 Å². The number of allylic oxidation sites excluding steroid dienone is 4. The molecule has 0 radical (unpaired) electrons. The molecule has 0 bridgehead atoms. The summed E-state index contributed by atoms with van der Waals surface area (Å²) in [5, 5.41) is 0. The number of aryl methyl sites for hydroxylation is 1. The highest BCUT2D eigenvalue weighted by molar-refractivity contribution is 5.75. The van der Waals surface area contributed by atoms with Crippen LogP contribution in [0.1, 0.15) is 116 Å². The van der Waals surface area contributed by atoms with Crippen LogP contribution >= 0.6 is 0 Å². The standard InChI is InChI=1S/C32H48O2/c1-4-5-6-9-26-11-13-28(14-12-26)15-16-29-19-23-31(24-20-29)34-32(33)30-21-17-27(18-22-30)10-7-8-25(2)3/h8,17,19-20,23-24,26,28,30H,4-7,9-16,18,21-22H2,1-3H3. The lowest BCUT2D eigenvalue weighted by atomic mass is 9.78. The summed E-state index contributed by atoms with van der Waals surface area (Å²) in [6, 6.07) is 8.28. The maximum absolute atomic E-state index is 12.6. The molecule has 0 heterocycles. The van der Waals surface area contributed by atoms with Gasteiger partial charge in [0.05, 0.1) is 5.92 Å². The maximum atomic E-state index is 12.6. The molecule has 0 spiro atoms. The van der Waals surface area contributed by atoms with Gasteiger partial charge in [-0.3, -0.25) is 4.79 Å². The zero-order chi connectivity index (χ0) is 24.2. The van der Waals surface area contributed by atoms with E-state index in [1.54, 1.807) is 0 Å². The van der Waals surface area contributed by atoms with Crippen molar-refractivity contribution in [3.05, 3.63) is 53.1 Å². The van der Waals surface area contributed by atoms with E-state index in [4.69, 9.17) is 4.74 Å². The minimum absolute atomic E-state index is 0.00369. The molecule has 3 rings (SSSR count). The van der Waals surface area contributed by atoms with E-state index in [1.165, 1.54) is 74.5 Å². The van der Waals surface area contributed by atoms with Gasteiger partial charge in [-0.1, -0.05) is 93.7 Å². The van der Waals surface area contributed by atoms with Crippen LogP contribution in [-0.2, 0) is 11.2 Å². The fraction of sp³-hybridized carbons (Fsp3) is 0.656. The number of benzene rings is 1. The molecule has 1 atom stereocenters. The first-order valence-corrected chi connectivity index (χ1v) is 14.2. The third kappa shape index (κ3) is 9.43. The lowest BCUT2D eigenvalue weighted by Crippen LogP contribution is -2.22. The molecule has 188 valence electrons. The highest BCUT2D eigenvalue weighted by atomic mass is 16.5. The Morgan fingerprint density at radius 3 is 2.26 bits per heavy atom. The van der Waals surface area contributed by atoms with Gasteiger partial charge in [-0.15, -0.1) is 0 Å². The predicted octanol–water partition coefficient (Wildman–Crippen LogP) is 9.38. The lowest BCUT2D eigenvalue weighted by molar-refractivity contribution is -0.139. The van der Waals surface area contributed by atoms with E-state index in [1.807, 2.05) is 12.1 Å². The number of hydrogen-bond donors (Lipinski definition) is 0. The lowest BCUT2D eigenvalue weighted by Gasteiger charge is -2.28. The quantitative estimate of drug-likeness (QED) is 0.133. The molecule has 1 saturated carbocycles. The van der Waals surface area contributed by atoms with E-state index in [0.717, 1.165) is 50.4 Å². The van der Waals surface area contributed by atoms with Gasteiger partial charge in [0.2, 0.25) is 0 Å². The monoisotopic (exact) mass is 464 g/mol. The van der Waals surface area contributed by atoms with Crippen LogP contribution in [0.4, 0.5) is 0 Å². The molecular formula is C32H48O2. The molecule has 0 aliphatic heterocycles. The van der Waals surface area contributed by atoms with Crippen molar-refractivity contribution in [1.82, 2.24) is 0 Å². The van der Waals surface area contributed by atoms with Crippen LogP contribution < -0.4 is 4.74 Å². The number of ether oxygens (including phenoxy) is 1. The Bertz CT molecular complexity index is 789. The number of carbonyl (C=O) groups is 1. The van der Waals surface area contributed by atoms with Crippen LogP contribution in [0.2, 0.25) is 0 Å². The van der Waals surface area contributed by atoms with Crippen molar-refractivity contribution in [3.8, 4) is 5.75 Å². The van der Waals surface area contributed by atoms with Crippen LogP contribution in [-0.4, -0.2) is 5.97 Å². The number of carbonyl (C=O) groups excluding carboxylic acids is 1. The van der Waals surface area contributed by atoms with Gasteiger partial charge < -0.3 is 4.74 Å². The van der Waals surface area contributed by atoms with Crippen molar-refractivity contribution in [2.45, 2.75) is 117 Å². The van der Waals surface area contributed by atoms with Crippen molar-refractivity contribution in [2.24, 2.45) is 17.8 Å². The molecule has 0 saturated heterocycles. The first kappa shape index (κ1) is 26.8. The minimum Gasteiger partial charge on any atom is -0.426 e. The topological polar surface area (TPSA) is 26.3 Å². The van der Waals surface area contributed by atoms with Gasteiger partial charge in [-0.2, -0.15) is 0 Å². The van der Waals surface area contributed by atoms with E-state index in [0.29, 0.717) is 5.75 Å². The zero-order valence-corrected chi connectivity index (χ0v) is 22.1. The molecule has 1 aromatic carbocycles. The fourth-order valence-electron chi connectivity index (χ4n) is 5.66. The number of hydrogen-bond acceptors (Lipinski definition) is 2. The summed E-state index contributed by atoms with van der Waals surface area (Å²) in [6.07, 6.45) is 23.3. The van der Waals surface area contributed by atoms with E-state index in [-0.39, 0.29) is 11.9 Å². The summed E-state index contributed by atoms with van der Waals surface area (Å²) in [4.78, 5) is 12.6. The van der Waals surface area contributed by atoms with Gasteiger partial charge in [0.25, 0.3) is 0 Å². The molecule has 1 fully saturated rings. The SMILES string of the molecule is CCCCCC1CCC(CCc2ccc(OC(=O)C3CC=C(CCC=C(C)C)CC3)cc2)CC1. The van der Waals surface area contributed by atoms with Crippen molar-refractivity contribution >= 4 is 5.97 Å². The second kappa shape index (κ2) is 14.5. The van der Waals surface area contributed by atoms with Gasteiger partial charge in [-0.05, 0) is 88.3 Å². The van der Waals surface area contributed by atoms with Crippen LogP contribution in [0.25, 0.3) is 0 Å². The molecule has 2 aliphatic rings. The highest BCUT2D eigenvalue weighted by Gasteiger charge is 2.23. The predicted molar refractivity (Wildman–Crippen MR) is 144 cm³/mol. The van der Waals surface area contributed by atoms with E-state index in [2.05, 4.69) is 45.1 Å². The molecule has 2 nitrogen and oxygen atoms in total. The van der Waals surface area contributed by atoms with Crippen LogP contribution in [0.15, 0.2) is 47.6 Å². The highest BCUT2D eigenvalue weighted by Crippen LogP contribution is 2.34. The molecule has 1 unspecified atom stereocenters. The number of rotatable bonds is 12. The Morgan fingerprint density at radius 1 is 0.941 bits per heavy atom. The second-order valence-corrected chi connectivity index (χ2v) is 11.1. The van der Waals surface area contributed by atoms with Crippen molar-refractivity contribution < 1.29 is 9.53 Å². The number of unbranched alkanes of at least 4 members (excludes halogenated alkanes) is 2. The van der Waals surface area contributed by atoms with Gasteiger partial charge in [-0.25, -0.2) is 0 Å². The molecule has 0 aromatic heterocycles.